The van der Waals surface area contributed by atoms with Gasteiger partial charge in [0.1, 0.15) is 0 Å². The van der Waals surface area contributed by atoms with Crippen LogP contribution < -0.4 is 5.32 Å². The molecule has 0 bridgehead atoms. The number of hydrogen-bond donors (Lipinski definition) is 1. The highest BCUT2D eigenvalue weighted by Crippen LogP contribution is 2.31. The Morgan fingerprint density at radius 3 is 2.93 bits per heavy atom. The molecule has 0 amide bonds. The Morgan fingerprint density at radius 2 is 2.33 bits per heavy atom. The molecule has 15 heavy (non-hydrogen) atoms. The van der Waals surface area contributed by atoms with Gasteiger partial charge in [0.25, 0.3) is 5.69 Å². The van der Waals surface area contributed by atoms with Gasteiger partial charge >= 0.3 is 0 Å². The summed E-state index contributed by atoms with van der Waals surface area (Å²) in [6.07, 6.45) is 2.08. The van der Waals surface area contributed by atoms with Gasteiger partial charge in [-0.15, -0.1) is 0 Å². The van der Waals surface area contributed by atoms with Crippen LogP contribution in [-0.2, 0) is 0 Å². The summed E-state index contributed by atoms with van der Waals surface area (Å²) in [5.74, 6) is 0. The molecule has 1 fully saturated rings. The second-order valence-electron chi connectivity index (χ2n) is 3.97. The molecule has 0 aliphatic carbocycles. The number of nitrogens with one attached hydrogen (secondary N) is 1. The van der Waals surface area contributed by atoms with Gasteiger partial charge in [0.05, 0.1) is 4.92 Å². The first-order valence-corrected chi connectivity index (χ1v) is 5.17. The number of nitro groups is 1. The molecule has 0 unspecified atom stereocenters. The molecule has 1 aromatic carbocycles. The van der Waals surface area contributed by atoms with E-state index in [2.05, 4.69) is 5.32 Å². The van der Waals surface area contributed by atoms with Crippen molar-refractivity contribution >= 4 is 5.69 Å². The van der Waals surface area contributed by atoms with E-state index in [0.29, 0.717) is 0 Å². The maximum atomic E-state index is 10.9. The molecule has 0 spiro atoms. The van der Waals surface area contributed by atoms with E-state index in [9.17, 15) is 10.1 Å². The first-order chi connectivity index (χ1) is 7.18. The fourth-order valence-corrected chi connectivity index (χ4v) is 2.06. The third-order valence-corrected chi connectivity index (χ3v) is 2.82. The van der Waals surface area contributed by atoms with Gasteiger partial charge in [-0.1, -0.05) is 12.1 Å². The van der Waals surface area contributed by atoms with Crippen LogP contribution in [0.1, 0.15) is 30.0 Å². The van der Waals surface area contributed by atoms with Crippen molar-refractivity contribution in [1.82, 2.24) is 5.32 Å². The molecule has 1 saturated heterocycles. The molecule has 80 valence electrons. The standard InChI is InChI=1S/C11H14N2O2/c1-8-4-5-9(10-3-2-6-12-10)11(7-8)13(14)15/h4-5,7,10,12H,2-3,6H2,1H3/t10-/m1/s1. The van der Waals surface area contributed by atoms with E-state index in [1.54, 1.807) is 6.07 Å². The molecule has 4 heteroatoms. The van der Waals surface area contributed by atoms with Crippen molar-refractivity contribution in [3.63, 3.8) is 0 Å². The monoisotopic (exact) mass is 206 g/mol. The molecule has 1 aliphatic rings. The van der Waals surface area contributed by atoms with Crippen LogP contribution in [0, 0.1) is 17.0 Å². The highest BCUT2D eigenvalue weighted by molar-refractivity contribution is 5.45. The Bertz CT molecular complexity index is 384. The summed E-state index contributed by atoms with van der Waals surface area (Å²) in [5.41, 5.74) is 2.00. The van der Waals surface area contributed by atoms with Gasteiger partial charge in [-0.2, -0.15) is 0 Å². The number of nitrogens with zero attached hydrogens (tertiary/aromatic N) is 1. The Kier molecular flexibility index (Phi) is 2.68. The van der Waals surface area contributed by atoms with E-state index in [1.165, 1.54) is 0 Å². The summed E-state index contributed by atoms with van der Waals surface area (Å²) >= 11 is 0. The highest BCUT2D eigenvalue weighted by Gasteiger charge is 2.24. The molecule has 0 saturated carbocycles. The molecular weight excluding hydrogens is 192 g/mol. The van der Waals surface area contributed by atoms with Gasteiger partial charge < -0.3 is 5.32 Å². The molecule has 0 radical (unpaired) electrons. The van der Waals surface area contributed by atoms with Crippen LogP contribution in [0.25, 0.3) is 0 Å². The van der Waals surface area contributed by atoms with Crippen molar-refractivity contribution in [3.05, 3.63) is 39.4 Å². The largest absolute Gasteiger partial charge is 0.310 e. The fourth-order valence-electron chi connectivity index (χ4n) is 2.06. The third-order valence-electron chi connectivity index (χ3n) is 2.82. The van der Waals surface area contributed by atoms with Crippen LogP contribution in [-0.4, -0.2) is 11.5 Å². The summed E-state index contributed by atoms with van der Waals surface area (Å²) in [7, 11) is 0. The van der Waals surface area contributed by atoms with Crippen molar-refractivity contribution < 1.29 is 4.92 Å². The van der Waals surface area contributed by atoms with Crippen molar-refractivity contribution in [1.29, 1.82) is 0 Å². The van der Waals surface area contributed by atoms with Crippen LogP contribution in [0.2, 0.25) is 0 Å². The minimum absolute atomic E-state index is 0.158. The molecule has 1 heterocycles. The summed E-state index contributed by atoms with van der Waals surface area (Å²) < 4.78 is 0. The van der Waals surface area contributed by atoms with Crippen molar-refractivity contribution in [3.8, 4) is 0 Å². The third kappa shape index (κ3) is 1.99. The van der Waals surface area contributed by atoms with E-state index >= 15 is 0 Å². The van der Waals surface area contributed by atoms with E-state index < -0.39 is 0 Å². The van der Waals surface area contributed by atoms with Crippen molar-refractivity contribution in [2.75, 3.05) is 6.54 Å². The lowest BCUT2D eigenvalue weighted by Crippen LogP contribution is -2.14. The molecular formula is C11H14N2O2. The maximum Gasteiger partial charge on any atom is 0.274 e. The number of benzene rings is 1. The minimum Gasteiger partial charge on any atom is -0.310 e. The lowest BCUT2D eigenvalue weighted by atomic mass is 10.0. The normalized spacial score (nSPS) is 20.5. The predicted molar refractivity (Wildman–Crippen MR) is 57.8 cm³/mol. The Morgan fingerprint density at radius 1 is 1.53 bits per heavy atom. The smallest absolute Gasteiger partial charge is 0.274 e. The van der Waals surface area contributed by atoms with Gasteiger partial charge in [0.15, 0.2) is 0 Å². The summed E-state index contributed by atoms with van der Waals surface area (Å²) in [6, 6.07) is 5.61. The Hall–Kier alpha value is -1.42. The second kappa shape index (κ2) is 3.98. The maximum absolute atomic E-state index is 10.9. The Labute approximate surface area is 88.5 Å². The van der Waals surface area contributed by atoms with E-state index in [1.807, 2.05) is 19.1 Å². The van der Waals surface area contributed by atoms with Gasteiger partial charge in [-0.3, -0.25) is 10.1 Å². The van der Waals surface area contributed by atoms with Gasteiger partial charge in [0, 0.05) is 17.7 Å². The van der Waals surface area contributed by atoms with Gasteiger partial charge in [-0.25, -0.2) is 0 Å². The molecule has 0 aromatic heterocycles. The molecule has 2 rings (SSSR count). The number of hydrogen-bond acceptors (Lipinski definition) is 3. The molecule has 1 aliphatic heterocycles. The van der Waals surface area contributed by atoms with Crippen LogP contribution in [0.4, 0.5) is 5.69 Å². The lowest BCUT2D eigenvalue weighted by Gasteiger charge is -2.11. The minimum atomic E-state index is -0.289. The summed E-state index contributed by atoms with van der Waals surface area (Å²) in [6.45, 7) is 2.83. The number of nitro benzene ring substituents is 1. The lowest BCUT2D eigenvalue weighted by molar-refractivity contribution is -0.385. The molecule has 1 N–H and O–H groups in total. The quantitative estimate of drug-likeness (QED) is 0.596. The van der Waals surface area contributed by atoms with Gasteiger partial charge in [-0.05, 0) is 31.9 Å². The van der Waals surface area contributed by atoms with E-state index in [4.69, 9.17) is 0 Å². The zero-order valence-electron chi connectivity index (χ0n) is 8.69. The number of rotatable bonds is 2. The average molecular weight is 206 g/mol. The van der Waals surface area contributed by atoms with Crippen LogP contribution >= 0.6 is 0 Å². The van der Waals surface area contributed by atoms with Crippen molar-refractivity contribution in [2.45, 2.75) is 25.8 Å². The molecule has 4 nitrogen and oxygen atoms in total. The first kappa shape index (κ1) is 10.1. The summed E-state index contributed by atoms with van der Waals surface area (Å²) in [4.78, 5) is 10.6. The zero-order valence-corrected chi connectivity index (χ0v) is 8.69. The first-order valence-electron chi connectivity index (χ1n) is 5.17. The highest BCUT2D eigenvalue weighted by atomic mass is 16.6. The zero-order chi connectivity index (χ0) is 10.8. The molecule has 1 aromatic rings. The van der Waals surface area contributed by atoms with E-state index in [0.717, 1.165) is 30.5 Å². The topological polar surface area (TPSA) is 55.2 Å². The van der Waals surface area contributed by atoms with Crippen LogP contribution in [0.5, 0.6) is 0 Å². The van der Waals surface area contributed by atoms with Gasteiger partial charge in [0.2, 0.25) is 0 Å². The van der Waals surface area contributed by atoms with Crippen LogP contribution in [0.15, 0.2) is 18.2 Å². The Balaban J connectivity index is 2.40. The van der Waals surface area contributed by atoms with Crippen molar-refractivity contribution in [2.24, 2.45) is 0 Å². The second-order valence-corrected chi connectivity index (χ2v) is 3.97. The number of aryl methyl sites for hydroxylation is 1. The van der Waals surface area contributed by atoms with E-state index in [-0.39, 0.29) is 16.7 Å². The predicted octanol–water partition coefficient (Wildman–Crippen LogP) is 2.33. The average Bonchev–Trinajstić information content (AvgIpc) is 2.70. The fraction of sp³-hybridized carbons (Fsp3) is 0.455. The molecule has 1 atom stereocenters. The summed E-state index contributed by atoms with van der Waals surface area (Å²) in [5, 5.41) is 14.2. The SMILES string of the molecule is Cc1ccc([C@H]2CCCN2)c([N+](=O)[O-])c1. The van der Waals surface area contributed by atoms with Crippen LogP contribution in [0.3, 0.4) is 0 Å².